The van der Waals surface area contributed by atoms with E-state index < -0.39 is 0 Å². The number of rotatable bonds is 4. The van der Waals surface area contributed by atoms with Crippen LogP contribution in [0.1, 0.15) is 22.0 Å². The summed E-state index contributed by atoms with van der Waals surface area (Å²) in [5.41, 5.74) is 1.46. The van der Waals surface area contributed by atoms with Crippen molar-refractivity contribution in [3.8, 4) is 0 Å². The van der Waals surface area contributed by atoms with Gasteiger partial charge in [-0.25, -0.2) is 0 Å². The van der Waals surface area contributed by atoms with E-state index in [-0.39, 0.29) is 36.8 Å². The zero-order chi connectivity index (χ0) is 17.6. The molecule has 1 heterocycles. The SMILES string of the molecule is Cl.O=C(NCC(=O)N1CCNCC1c1ccccc1Cl)c1ccccc1. The van der Waals surface area contributed by atoms with E-state index >= 15 is 0 Å². The van der Waals surface area contributed by atoms with Gasteiger partial charge in [0.25, 0.3) is 5.91 Å². The van der Waals surface area contributed by atoms with Gasteiger partial charge in [0, 0.05) is 30.2 Å². The Bertz CT molecular complexity index is 755. The fourth-order valence-electron chi connectivity index (χ4n) is 2.98. The molecule has 2 aromatic carbocycles. The van der Waals surface area contributed by atoms with E-state index in [9.17, 15) is 9.59 Å². The van der Waals surface area contributed by atoms with Crippen molar-refractivity contribution in [2.24, 2.45) is 0 Å². The number of nitrogens with zero attached hydrogens (tertiary/aromatic N) is 1. The number of benzene rings is 2. The number of carbonyl (C=O) groups excluding carboxylic acids is 2. The maximum absolute atomic E-state index is 12.7. The van der Waals surface area contributed by atoms with Gasteiger partial charge >= 0.3 is 0 Å². The molecule has 1 aliphatic heterocycles. The molecule has 0 radical (unpaired) electrons. The highest BCUT2D eigenvalue weighted by atomic mass is 35.5. The van der Waals surface area contributed by atoms with Crippen LogP contribution < -0.4 is 10.6 Å². The zero-order valence-electron chi connectivity index (χ0n) is 14.2. The fourth-order valence-corrected chi connectivity index (χ4v) is 3.24. The number of carbonyl (C=O) groups is 2. The molecule has 0 spiro atoms. The van der Waals surface area contributed by atoms with Gasteiger partial charge in [0.05, 0.1) is 12.6 Å². The van der Waals surface area contributed by atoms with Gasteiger partial charge in [0.2, 0.25) is 5.91 Å². The number of halogens is 2. The fraction of sp³-hybridized carbons (Fsp3) is 0.263. The molecule has 1 aliphatic rings. The number of nitrogens with one attached hydrogen (secondary N) is 2. The first-order valence-corrected chi connectivity index (χ1v) is 8.62. The summed E-state index contributed by atoms with van der Waals surface area (Å²) in [6.07, 6.45) is 0. The normalized spacial score (nSPS) is 16.5. The van der Waals surface area contributed by atoms with E-state index in [0.29, 0.717) is 23.7 Å². The van der Waals surface area contributed by atoms with Crippen molar-refractivity contribution in [1.29, 1.82) is 0 Å². The van der Waals surface area contributed by atoms with Gasteiger partial charge in [-0.15, -0.1) is 12.4 Å². The lowest BCUT2D eigenvalue weighted by molar-refractivity contribution is -0.133. The molecular weight excluding hydrogens is 373 g/mol. The summed E-state index contributed by atoms with van der Waals surface area (Å²) in [6, 6.07) is 16.3. The smallest absolute Gasteiger partial charge is 0.251 e. The minimum Gasteiger partial charge on any atom is -0.343 e. The number of hydrogen-bond donors (Lipinski definition) is 2. The molecule has 1 unspecified atom stereocenters. The Kier molecular flexibility index (Phi) is 7.45. The lowest BCUT2D eigenvalue weighted by Gasteiger charge is -2.37. The van der Waals surface area contributed by atoms with Crippen molar-refractivity contribution >= 4 is 35.8 Å². The predicted molar refractivity (Wildman–Crippen MR) is 105 cm³/mol. The Balaban J connectivity index is 0.00000243. The molecule has 0 bridgehead atoms. The Hall–Kier alpha value is -2.08. The topological polar surface area (TPSA) is 61.4 Å². The Morgan fingerprint density at radius 2 is 1.81 bits per heavy atom. The summed E-state index contributed by atoms with van der Waals surface area (Å²) in [4.78, 5) is 26.6. The van der Waals surface area contributed by atoms with Crippen LogP contribution in [0.25, 0.3) is 0 Å². The van der Waals surface area contributed by atoms with Crippen molar-refractivity contribution in [2.45, 2.75) is 6.04 Å². The third kappa shape index (κ3) is 4.75. The van der Waals surface area contributed by atoms with Gasteiger partial charge in [-0.2, -0.15) is 0 Å². The molecule has 0 aliphatic carbocycles. The van der Waals surface area contributed by atoms with Gasteiger partial charge in [0.15, 0.2) is 0 Å². The van der Waals surface area contributed by atoms with Gasteiger partial charge in [-0.3, -0.25) is 9.59 Å². The standard InChI is InChI=1S/C19H20ClN3O2.ClH/c20-16-9-5-4-8-15(16)17-12-21-10-11-23(17)18(24)13-22-19(25)14-6-2-1-3-7-14;/h1-9,17,21H,10-13H2,(H,22,25);1H. The minimum atomic E-state index is -0.252. The average Bonchev–Trinajstić information content (AvgIpc) is 2.67. The quantitative estimate of drug-likeness (QED) is 0.839. The minimum absolute atomic E-state index is 0. The maximum atomic E-state index is 12.7. The van der Waals surface area contributed by atoms with Crippen LogP contribution >= 0.6 is 24.0 Å². The number of piperazine rings is 1. The summed E-state index contributed by atoms with van der Waals surface area (Å²) in [5, 5.41) is 6.64. The highest BCUT2D eigenvalue weighted by Gasteiger charge is 2.29. The van der Waals surface area contributed by atoms with E-state index in [2.05, 4.69) is 10.6 Å². The average molecular weight is 394 g/mol. The van der Waals surface area contributed by atoms with Crippen LogP contribution in [-0.4, -0.2) is 42.9 Å². The molecule has 138 valence electrons. The maximum Gasteiger partial charge on any atom is 0.251 e. The molecule has 26 heavy (non-hydrogen) atoms. The highest BCUT2D eigenvalue weighted by Crippen LogP contribution is 2.28. The van der Waals surface area contributed by atoms with Crippen molar-refractivity contribution in [1.82, 2.24) is 15.5 Å². The largest absolute Gasteiger partial charge is 0.343 e. The van der Waals surface area contributed by atoms with E-state index in [0.717, 1.165) is 12.1 Å². The summed E-state index contributed by atoms with van der Waals surface area (Å²) >= 11 is 6.30. The predicted octanol–water partition coefficient (Wildman–Crippen LogP) is 2.66. The number of hydrogen-bond acceptors (Lipinski definition) is 3. The molecule has 3 rings (SSSR count). The molecule has 7 heteroatoms. The first-order valence-electron chi connectivity index (χ1n) is 8.24. The van der Waals surface area contributed by atoms with E-state index in [1.165, 1.54) is 0 Å². The van der Waals surface area contributed by atoms with Crippen LogP contribution in [0.3, 0.4) is 0 Å². The highest BCUT2D eigenvalue weighted by molar-refractivity contribution is 6.31. The van der Waals surface area contributed by atoms with E-state index in [1.807, 2.05) is 30.3 Å². The number of amides is 2. The third-order valence-corrected chi connectivity index (χ3v) is 4.61. The van der Waals surface area contributed by atoms with E-state index in [1.54, 1.807) is 29.2 Å². The van der Waals surface area contributed by atoms with Crippen molar-refractivity contribution < 1.29 is 9.59 Å². The van der Waals surface area contributed by atoms with Gasteiger partial charge in [-0.05, 0) is 23.8 Å². The lowest BCUT2D eigenvalue weighted by Crippen LogP contribution is -2.51. The van der Waals surface area contributed by atoms with Crippen LogP contribution in [0.4, 0.5) is 0 Å². The summed E-state index contributed by atoms with van der Waals surface area (Å²) < 4.78 is 0. The monoisotopic (exact) mass is 393 g/mol. The van der Waals surface area contributed by atoms with Crippen LogP contribution in [0, 0.1) is 0 Å². The second kappa shape index (κ2) is 9.57. The Morgan fingerprint density at radius 1 is 1.12 bits per heavy atom. The summed E-state index contributed by atoms with van der Waals surface area (Å²) in [5.74, 6) is -0.367. The molecule has 0 saturated carbocycles. The first kappa shape index (κ1) is 20.2. The van der Waals surface area contributed by atoms with Crippen molar-refractivity contribution in [3.63, 3.8) is 0 Å². The van der Waals surface area contributed by atoms with Crippen molar-refractivity contribution in [2.75, 3.05) is 26.2 Å². The molecule has 0 aromatic heterocycles. The molecule has 5 nitrogen and oxygen atoms in total. The van der Waals surface area contributed by atoms with Crippen molar-refractivity contribution in [3.05, 3.63) is 70.7 Å². The van der Waals surface area contributed by atoms with Crippen LogP contribution in [0.2, 0.25) is 5.02 Å². The first-order chi connectivity index (χ1) is 12.2. The van der Waals surface area contributed by atoms with E-state index in [4.69, 9.17) is 11.6 Å². The molecule has 1 fully saturated rings. The van der Waals surface area contributed by atoms with Gasteiger partial charge < -0.3 is 15.5 Å². The van der Waals surface area contributed by atoms with Gasteiger partial charge in [-0.1, -0.05) is 48.0 Å². The van der Waals surface area contributed by atoms with Crippen LogP contribution in [0.15, 0.2) is 54.6 Å². The van der Waals surface area contributed by atoms with Crippen LogP contribution in [0.5, 0.6) is 0 Å². The lowest BCUT2D eigenvalue weighted by atomic mass is 10.0. The summed E-state index contributed by atoms with van der Waals surface area (Å²) in [6.45, 7) is 1.91. The molecule has 2 amide bonds. The molecule has 2 aromatic rings. The zero-order valence-corrected chi connectivity index (χ0v) is 15.7. The molecule has 2 N–H and O–H groups in total. The molecular formula is C19H21Cl2N3O2. The molecule has 1 atom stereocenters. The Labute approximate surface area is 164 Å². The molecule has 1 saturated heterocycles. The second-order valence-corrected chi connectivity index (χ2v) is 6.28. The third-order valence-electron chi connectivity index (χ3n) is 4.26. The van der Waals surface area contributed by atoms with Gasteiger partial charge in [0.1, 0.15) is 0 Å². The second-order valence-electron chi connectivity index (χ2n) is 5.88. The van der Waals surface area contributed by atoms with Crippen LogP contribution in [-0.2, 0) is 4.79 Å². The Morgan fingerprint density at radius 3 is 2.54 bits per heavy atom. The summed E-state index contributed by atoms with van der Waals surface area (Å²) in [7, 11) is 0.